The van der Waals surface area contributed by atoms with E-state index in [2.05, 4.69) is 5.10 Å². The number of fused-ring (bicyclic) bond motifs is 1. The number of rotatable bonds is 4. The summed E-state index contributed by atoms with van der Waals surface area (Å²) in [6.45, 7) is 3.55. The van der Waals surface area contributed by atoms with E-state index in [9.17, 15) is 9.59 Å². The average Bonchev–Trinajstić information content (AvgIpc) is 3.25. The monoisotopic (exact) mass is 388 g/mol. The van der Waals surface area contributed by atoms with Crippen molar-refractivity contribution < 1.29 is 9.53 Å². The van der Waals surface area contributed by atoms with Crippen LogP contribution in [0.3, 0.4) is 0 Å². The van der Waals surface area contributed by atoms with Crippen molar-refractivity contribution in [1.82, 2.24) is 19.2 Å². The van der Waals surface area contributed by atoms with Gasteiger partial charge in [-0.2, -0.15) is 16.9 Å². The van der Waals surface area contributed by atoms with Crippen LogP contribution in [0.15, 0.2) is 23.1 Å². The van der Waals surface area contributed by atoms with Crippen LogP contribution in [0.25, 0.3) is 0 Å². The van der Waals surface area contributed by atoms with Crippen molar-refractivity contribution in [3.05, 3.63) is 45.6 Å². The molecule has 2 aromatic rings. The molecule has 0 unspecified atom stereocenters. The maximum absolute atomic E-state index is 12.6. The quantitative estimate of drug-likeness (QED) is 0.798. The number of carbonyl (C=O) groups is 1. The van der Waals surface area contributed by atoms with E-state index in [1.54, 1.807) is 11.6 Å². The van der Waals surface area contributed by atoms with Gasteiger partial charge in [0.1, 0.15) is 18.4 Å². The van der Waals surface area contributed by atoms with E-state index < -0.39 is 0 Å². The molecule has 0 saturated carbocycles. The van der Waals surface area contributed by atoms with Crippen LogP contribution in [-0.4, -0.2) is 44.3 Å². The van der Waals surface area contributed by atoms with E-state index in [0.717, 1.165) is 30.0 Å². The summed E-state index contributed by atoms with van der Waals surface area (Å²) in [6.07, 6.45) is 3.46. The number of hydrogen-bond acceptors (Lipinski definition) is 5. The molecule has 0 aliphatic carbocycles. The van der Waals surface area contributed by atoms with Crippen LogP contribution in [0, 0.1) is 6.92 Å². The van der Waals surface area contributed by atoms with Crippen LogP contribution in [-0.2, 0) is 29.9 Å². The van der Waals surface area contributed by atoms with E-state index in [1.807, 2.05) is 40.5 Å². The number of aromatic nitrogens is 3. The first-order chi connectivity index (χ1) is 13.0. The number of ether oxygens (including phenoxy) is 1. The second-order valence-electron chi connectivity index (χ2n) is 7.19. The Kier molecular flexibility index (Phi) is 4.99. The van der Waals surface area contributed by atoms with Gasteiger partial charge in [0.25, 0.3) is 5.56 Å². The Morgan fingerprint density at radius 3 is 2.81 bits per heavy atom. The molecule has 0 radical (unpaired) electrons. The molecule has 2 aromatic heterocycles. The number of piperidine rings is 1. The molecule has 144 valence electrons. The van der Waals surface area contributed by atoms with Crippen LogP contribution < -0.4 is 10.3 Å². The number of likely N-dealkylation sites (tertiary alicyclic amines) is 1. The minimum atomic E-state index is -0.0671. The van der Waals surface area contributed by atoms with Crippen molar-refractivity contribution in [2.45, 2.75) is 43.9 Å². The zero-order valence-electron chi connectivity index (χ0n) is 15.7. The van der Waals surface area contributed by atoms with Crippen molar-refractivity contribution in [3.63, 3.8) is 0 Å². The van der Waals surface area contributed by atoms with E-state index in [4.69, 9.17) is 4.74 Å². The second kappa shape index (κ2) is 7.42. The number of aryl methyl sites for hydroxylation is 1. The number of hydrogen-bond donors (Lipinski definition) is 0. The highest BCUT2D eigenvalue weighted by Crippen LogP contribution is 2.29. The summed E-state index contributed by atoms with van der Waals surface area (Å²) in [6, 6.07) is 3.41. The second-order valence-corrected chi connectivity index (χ2v) is 8.18. The first kappa shape index (κ1) is 18.2. The van der Waals surface area contributed by atoms with Gasteiger partial charge in [-0.15, -0.1) is 0 Å². The molecule has 1 amide bonds. The Morgan fingerprint density at radius 1 is 1.30 bits per heavy atom. The Hall–Kier alpha value is -2.22. The highest BCUT2D eigenvalue weighted by Gasteiger charge is 2.26. The Morgan fingerprint density at radius 2 is 2.07 bits per heavy atom. The zero-order chi connectivity index (χ0) is 19.0. The van der Waals surface area contributed by atoms with E-state index in [0.29, 0.717) is 25.4 Å². The fourth-order valence-electron chi connectivity index (χ4n) is 3.58. The van der Waals surface area contributed by atoms with Gasteiger partial charge in [-0.3, -0.25) is 14.3 Å². The van der Waals surface area contributed by atoms with Crippen molar-refractivity contribution >= 4 is 17.7 Å². The van der Waals surface area contributed by atoms with Crippen molar-refractivity contribution in [2.75, 3.05) is 13.1 Å². The summed E-state index contributed by atoms with van der Waals surface area (Å²) >= 11 is 1.86. The lowest BCUT2D eigenvalue weighted by molar-refractivity contribution is -0.133. The summed E-state index contributed by atoms with van der Waals surface area (Å²) in [5.74, 6) is 2.66. The number of amides is 1. The van der Waals surface area contributed by atoms with Gasteiger partial charge in [-0.25, -0.2) is 0 Å². The zero-order valence-corrected chi connectivity index (χ0v) is 16.5. The number of nitrogens with zero attached hydrogens (tertiary/aromatic N) is 4. The number of pyridine rings is 1. The molecule has 2 aliphatic rings. The maximum Gasteiger partial charge on any atom is 0.254 e. The smallest absolute Gasteiger partial charge is 0.254 e. The maximum atomic E-state index is 12.6. The lowest BCUT2D eigenvalue weighted by Gasteiger charge is -2.32. The Labute approximate surface area is 162 Å². The molecule has 27 heavy (non-hydrogen) atoms. The number of carbonyl (C=O) groups excluding carboxylic acids is 1. The summed E-state index contributed by atoms with van der Waals surface area (Å²) in [4.78, 5) is 26.4. The highest BCUT2D eigenvalue weighted by molar-refractivity contribution is 7.98. The van der Waals surface area contributed by atoms with Gasteiger partial charge in [0.15, 0.2) is 0 Å². The predicted molar refractivity (Wildman–Crippen MR) is 104 cm³/mol. The minimum Gasteiger partial charge on any atom is -0.490 e. The average molecular weight is 388 g/mol. The van der Waals surface area contributed by atoms with Gasteiger partial charge in [0.05, 0.1) is 11.9 Å². The minimum absolute atomic E-state index is 0.0332. The van der Waals surface area contributed by atoms with Crippen LogP contribution >= 0.6 is 11.8 Å². The third-order valence-corrected chi connectivity index (χ3v) is 6.38. The standard InChI is InChI=1S/C19H24N4O3S/c1-13-7-16(8-18(24)21(13)2)26-15-3-5-22(6-4-15)19(25)10-23-17-12-27-11-14(17)9-20-23/h7-9,15H,3-6,10-12H2,1-2H3. The van der Waals surface area contributed by atoms with Crippen molar-refractivity contribution in [1.29, 1.82) is 0 Å². The lowest BCUT2D eigenvalue weighted by Crippen LogP contribution is -2.43. The van der Waals surface area contributed by atoms with Gasteiger partial charge in [0.2, 0.25) is 5.91 Å². The first-order valence-electron chi connectivity index (χ1n) is 9.24. The molecule has 0 aromatic carbocycles. The summed E-state index contributed by atoms with van der Waals surface area (Å²) in [5.41, 5.74) is 3.24. The van der Waals surface area contributed by atoms with Crippen LogP contribution in [0.1, 0.15) is 29.8 Å². The largest absolute Gasteiger partial charge is 0.490 e. The number of thioether (sulfide) groups is 1. The summed E-state index contributed by atoms with van der Waals surface area (Å²) < 4.78 is 9.44. The van der Waals surface area contributed by atoms with Crippen molar-refractivity contribution in [3.8, 4) is 5.75 Å². The lowest BCUT2D eigenvalue weighted by atomic mass is 10.1. The van der Waals surface area contributed by atoms with E-state index in [1.165, 1.54) is 17.3 Å². The molecule has 8 heteroatoms. The van der Waals surface area contributed by atoms with Gasteiger partial charge in [-0.1, -0.05) is 0 Å². The Balaban J connectivity index is 1.32. The molecular formula is C19H24N4O3S. The normalized spacial score (nSPS) is 17.2. The molecular weight excluding hydrogens is 364 g/mol. The first-order valence-corrected chi connectivity index (χ1v) is 10.4. The molecule has 4 heterocycles. The molecule has 0 bridgehead atoms. The van der Waals surface area contributed by atoms with Crippen LogP contribution in [0.5, 0.6) is 5.75 Å². The predicted octanol–water partition coefficient (Wildman–Crippen LogP) is 1.71. The molecule has 7 nitrogen and oxygen atoms in total. The molecule has 2 aliphatic heterocycles. The van der Waals surface area contributed by atoms with Gasteiger partial charge in [-0.05, 0) is 13.0 Å². The third kappa shape index (κ3) is 3.76. The van der Waals surface area contributed by atoms with Gasteiger partial charge in [0, 0.05) is 61.8 Å². The third-order valence-electron chi connectivity index (χ3n) is 5.39. The highest BCUT2D eigenvalue weighted by atomic mass is 32.2. The molecule has 0 N–H and O–H groups in total. The molecule has 1 saturated heterocycles. The topological polar surface area (TPSA) is 69.4 Å². The van der Waals surface area contributed by atoms with E-state index in [-0.39, 0.29) is 17.6 Å². The van der Waals surface area contributed by atoms with Crippen LogP contribution in [0.4, 0.5) is 0 Å². The van der Waals surface area contributed by atoms with E-state index >= 15 is 0 Å². The van der Waals surface area contributed by atoms with Crippen molar-refractivity contribution in [2.24, 2.45) is 7.05 Å². The molecule has 0 spiro atoms. The molecule has 4 rings (SSSR count). The fourth-order valence-corrected chi connectivity index (χ4v) is 4.67. The molecule has 0 atom stereocenters. The fraction of sp³-hybridized carbons (Fsp3) is 0.526. The Bertz CT molecular complexity index is 912. The van der Waals surface area contributed by atoms with Gasteiger partial charge >= 0.3 is 0 Å². The summed E-state index contributed by atoms with van der Waals surface area (Å²) in [5, 5.41) is 4.37. The van der Waals surface area contributed by atoms with Gasteiger partial charge < -0.3 is 14.2 Å². The SMILES string of the molecule is Cc1cc(OC2CCN(C(=O)Cn3ncc4c3CSC4)CC2)cc(=O)n1C. The molecule has 1 fully saturated rings. The summed E-state index contributed by atoms with van der Waals surface area (Å²) in [7, 11) is 1.75. The van der Waals surface area contributed by atoms with Crippen LogP contribution in [0.2, 0.25) is 0 Å².